The molecule has 160 valence electrons. The summed E-state index contributed by atoms with van der Waals surface area (Å²) >= 11 is 0. The summed E-state index contributed by atoms with van der Waals surface area (Å²) < 4.78 is 0. The van der Waals surface area contributed by atoms with Crippen molar-refractivity contribution >= 4 is 11.9 Å². The maximum atomic E-state index is 10.2. The summed E-state index contributed by atoms with van der Waals surface area (Å²) in [5.41, 5.74) is 0.662. The first-order chi connectivity index (χ1) is 13.7. The van der Waals surface area contributed by atoms with E-state index in [4.69, 9.17) is 25.5 Å². The van der Waals surface area contributed by atoms with Crippen LogP contribution in [-0.2, 0) is 0 Å². The van der Waals surface area contributed by atoms with Crippen molar-refractivity contribution < 1.29 is 40.2 Å². The van der Waals surface area contributed by atoms with Gasteiger partial charge in [0.15, 0.2) is 0 Å². The molecule has 0 saturated heterocycles. The van der Waals surface area contributed by atoms with E-state index in [0.717, 1.165) is 0 Å². The fraction of sp³-hybridized carbons (Fsp3) is 0.333. The summed E-state index contributed by atoms with van der Waals surface area (Å²) in [6.45, 7) is 1.21. The molecule has 0 saturated carbocycles. The largest absolute Gasteiger partial charge is 0.478 e. The molecule has 0 amide bonds. The maximum absolute atomic E-state index is 10.2. The van der Waals surface area contributed by atoms with Gasteiger partial charge in [-0.2, -0.15) is 0 Å². The van der Waals surface area contributed by atoms with Crippen molar-refractivity contribution in [2.45, 2.75) is 25.6 Å². The average molecular weight is 408 g/mol. The molecule has 8 nitrogen and oxygen atoms in total. The van der Waals surface area contributed by atoms with Gasteiger partial charge in [-0.15, -0.1) is 0 Å². The van der Waals surface area contributed by atoms with Crippen molar-refractivity contribution in [1.29, 1.82) is 0 Å². The molecule has 8 heteroatoms. The van der Waals surface area contributed by atoms with E-state index in [1.165, 1.54) is 0 Å². The minimum atomic E-state index is -0.890. The van der Waals surface area contributed by atoms with Crippen molar-refractivity contribution in [2.75, 3.05) is 13.2 Å². The second-order valence-electron chi connectivity index (χ2n) is 6.14. The lowest BCUT2D eigenvalue weighted by atomic mass is 10.0. The minimum Gasteiger partial charge on any atom is -0.478 e. The molecule has 2 aromatic carbocycles. The van der Waals surface area contributed by atoms with Crippen LogP contribution in [0.1, 0.15) is 34.1 Å². The summed E-state index contributed by atoms with van der Waals surface area (Å²) in [5, 5.41) is 51.8. The predicted octanol–water partition coefficient (Wildman–Crippen LogP) is 1.49. The van der Waals surface area contributed by atoms with Gasteiger partial charge in [-0.1, -0.05) is 43.3 Å². The molecule has 0 spiro atoms. The van der Waals surface area contributed by atoms with Crippen LogP contribution in [0.2, 0.25) is 0 Å². The van der Waals surface area contributed by atoms with Gasteiger partial charge < -0.3 is 30.6 Å². The Bertz CT molecular complexity index is 641. The van der Waals surface area contributed by atoms with Gasteiger partial charge in [0.05, 0.1) is 29.9 Å². The van der Waals surface area contributed by atoms with Gasteiger partial charge in [-0.3, -0.25) is 0 Å². The lowest BCUT2D eigenvalue weighted by Crippen LogP contribution is -2.27. The fourth-order valence-electron chi connectivity index (χ4n) is 1.87. The van der Waals surface area contributed by atoms with E-state index < -0.39 is 24.1 Å². The third-order valence-corrected chi connectivity index (χ3v) is 3.71. The lowest BCUT2D eigenvalue weighted by Gasteiger charge is -2.18. The highest BCUT2D eigenvalue weighted by molar-refractivity contribution is 5.87. The van der Waals surface area contributed by atoms with E-state index in [1.54, 1.807) is 67.6 Å². The first kappa shape index (κ1) is 26.2. The van der Waals surface area contributed by atoms with Crippen LogP contribution in [0.3, 0.4) is 0 Å². The molecule has 3 unspecified atom stereocenters. The second-order valence-corrected chi connectivity index (χ2v) is 6.14. The predicted molar refractivity (Wildman–Crippen MR) is 107 cm³/mol. The van der Waals surface area contributed by atoms with E-state index in [1.807, 2.05) is 0 Å². The van der Waals surface area contributed by atoms with Gasteiger partial charge in [0.2, 0.25) is 0 Å². The molecule has 0 radical (unpaired) electrons. The van der Waals surface area contributed by atoms with E-state index in [-0.39, 0.29) is 25.6 Å². The molecule has 29 heavy (non-hydrogen) atoms. The number of hydrogen-bond acceptors (Lipinski definition) is 6. The van der Waals surface area contributed by atoms with E-state index in [0.29, 0.717) is 11.1 Å². The van der Waals surface area contributed by atoms with Crippen molar-refractivity contribution in [1.82, 2.24) is 0 Å². The molecular formula is C21H28O8. The standard InChI is InChI=1S/C7H16O4.2C7H6O2/c1-5(3-8)7(11)2-6(10)4-9;2*8-7(9)6-4-2-1-3-5-6/h5-11H,2-4H2,1H3;2*1-5H,(H,8,9). The smallest absolute Gasteiger partial charge is 0.335 e. The van der Waals surface area contributed by atoms with Gasteiger partial charge in [-0.25, -0.2) is 9.59 Å². The number of hydrogen-bond donors (Lipinski definition) is 6. The summed E-state index contributed by atoms with van der Waals surface area (Å²) in [6.07, 6.45) is -1.53. The number of carboxylic acids is 2. The fourth-order valence-corrected chi connectivity index (χ4v) is 1.87. The van der Waals surface area contributed by atoms with Crippen molar-refractivity contribution in [3.05, 3.63) is 71.8 Å². The van der Waals surface area contributed by atoms with Crippen LogP contribution in [0.15, 0.2) is 60.7 Å². The van der Waals surface area contributed by atoms with E-state index in [9.17, 15) is 14.7 Å². The Labute approximate surface area is 169 Å². The van der Waals surface area contributed by atoms with Crippen LogP contribution < -0.4 is 0 Å². The van der Waals surface area contributed by atoms with Gasteiger partial charge in [0.1, 0.15) is 0 Å². The third kappa shape index (κ3) is 12.3. The Kier molecular flexibility index (Phi) is 13.7. The summed E-state index contributed by atoms with van der Waals surface area (Å²) in [4.78, 5) is 20.4. The van der Waals surface area contributed by atoms with Crippen LogP contribution >= 0.6 is 0 Å². The highest BCUT2D eigenvalue weighted by Gasteiger charge is 2.16. The molecular weight excluding hydrogens is 380 g/mol. The Balaban J connectivity index is 0.000000408. The third-order valence-electron chi connectivity index (χ3n) is 3.71. The Hall–Kier alpha value is -2.78. The number of carbonyl (C=O) groups is 2. The molecule has 0 heterocycles. The number of benzene rings is 2. The summed E-state index contributed by atoms with van der Waals surface area (Å²) in [6, 6.07) is 16.6. The monoisotopic (exact) mass is 408 g/mol. The zero-order valence-electron chi connectivity index (χ0n) is 16.1. The molecule has 6 N–H and O–H groups in total. The van der Waals surface area contributed by atoms with Crippen LogP contribution in [-0.4, -0.2) is 68.0 Å². The Morgan fingerprint density at radius 1 is 0.759 bits per heavy atom. The highest BCUT2D eigenvalue weighted by Crippen LogP contribution is 2.08. The average Bonchev–Trinajstić information content (AvgIpc) is 2.75. The molecule has 3 atom stereocenters. The Morgan fingerprint density at radius 3 is 1.38 bits per heavy atom. The highest BCUT2D eigenvalue weighted by atomic mass is 16.4. The summed E-state index contributed by atoms with van der Waals surface area (Å²) in [5.74, 6) is -2.01. The van der Waals surface area contributed by atoms with Gasteiger partial charge in [0.25, 0.3) is 0 Å². The lowest BCUT2D eigenvalue weighted by molar-refractivity contribution is 0.00875. The molecule has 0 fully saturated rings. The quantitative estimate of drug-likeness (QED) is 0.402. The van der Waals surface area contributed by atoms with Crippen LogP contribution in [0.5, 0.6) is 0 Å². The molecule has 2 rings (SSSR count). The molecule has 0 aliphatic carbocycles. The number of rotatable bonds is 7. The van der Waals surface area contributed by atoms with Gasteiger partial charge >= 0.3 is 11.9 Å². The van der Waals surface area contributed by atoms with Crippen molar-refractivity contribution in [3.8, 4) is 0 Å². The van der Waals surface area contributed by atoms with E-state index in [2.05, 4.69) is 0 Å². The zero-order chi connectivity index (χ0) is 22.2. The van der Waals surface area contributed by atoms with Crippen LogP contribution in [0, 0.1) is 5.92 Å². The normalized spacial score (nSPS) is 12.9. The molecule has 0 bridgehead atoms. The minimum absolute atomic E-state index is 0.109. The van der Waals surface area contributed by atoms with Crippen molar-refractivity contribution in [2.24, 2.45) is 5.92 Å². The maximum Gasteiger partial charge on any atom is 0.335 e. The van der Waals surface area contributed by atoms with Gasteiger partial charge in [0, 0.05) is 18.9 Å². The number of aliphatic hydroxyl groups excluding tert-OH is 4. The SMILES string of the molecule is CC(CO)C(O)CC(O)CO.O=C(O)c1ccccc1.O=C(O)c1ccccc1. The van der Waals surface area contributed by atoms with Crippen molar-refractivity contribution in [3.63, 3.8) is 0 Å². The zero-order valence-corrected chi connectivity index (χ0v) is 16.1. The first-order valence-corrected chi connectivity index (χ1v) is 8.87. The van der Waals surface area contributed by atoms with Crippen LogP contribution in [0.4, 0.5) is 0 Å². The first-order valence-electron chi connectivity index (χ1n) is 8.87. The molecule has 0 aromatic heterocycles. The molecule has 0 aliphatic heterocycles. The Morgan fingerprint density at radius 2 is 1.14 bits per heavy atom. The second kappa shape index (κ2) is 15.2. The number of carboxylic acid groups (broad SMARTS) is 2. The van der Waals surface area contributed by atoms with Gasteiger partial charge in [-0.05, 0) is 24.3 Å². The van der Waals surface area contributed by atoms with Crippen LogP contribution in [0.25, 0.3) is 0 Å². The number of aliphatic hydroxyl groups is 4. The summed E-state index contributed by atoms with van der Waals surface area (Å²) in [7, 11) is 0. The molecule has 2 aromatic rings. The van der Waals surface area contributed by atoms with E-state index >= 15 is 0 Å². The topological polar surface area (TPSA) is 156 Å². The molecule has 0 aliphatic rings. The number of aromatic carboxylic acids is 2.